The number of hydrogen-bond donors (Lipinski definition) is 0. The summed E-state index contributed by atoms with van der Waals surface area (Å²) in [4.78, 5) is 18.7. The number of carbonyl (C=O) groups is 1. The molecule has 6 nitrogen and oxygen atoms in total. The van der Waals surface area contributed by atoms with Gasteiger partial charge in [-0.05, 0) is 32.0 Å². The van der Waals surface area contributed by atoms with Crippen molar-refractivity contribution in [3.63, 3.8) is 0 Å². The Morgan fingerprint density at radius 2 is 1.86 bits per heavy atom. The summed E-state index contributed by atoms with van der Waals surface area (Å²) in [6.07, 6.45) is 3.36. The Bertz CT molecular complexity index is 684. The number of likely N-dealkylation sites (tertiary alicyclic amines) is 2. The molecular weight excluding hydrogens is 368 g/mol. The fourth-order valence-corrected chi connectivity index (χ4v) is 4.49. The maximum Gasteiger partial charge on any atom is 0.410 e. The molecule has 2 atom stereocenters. The van der Waals surface area contributed by atoms with Crippen LogP contribution >= 0.6 is 0 Å². The second-order valence-corrected chi connectivity index (χ2v) is 7.77. The van der Waals surface area contributed by atoms with E-state index in [2.05, 4.69) is 14.5 Å². The molecule has 3 heterocycles. The molecule has 28 heavy (non-hydrogen) atoms. The van der Waals surface area contributed by atoms with Gasteiger partial charge >= 0.3 is 12.7 Å². The third-order valence-corrected chi connectivity index (χ3v) is 5.89. The maximum atomic E-state index is 12.6. The lowest BCUT2D eigenvalue weighted by Crippen LogP contribution is -2.43. The van der Waals surface area contributed by atoms with Crippen LogP contribution in [-0.2, 0) is 11.3 Å². The quantitative estimate of drug-likeness (QED) is 0.711. The Labute approximate surface area is 164 Å². The van der Waals surface area contributed by atoms with Crippen LogP contribution in [0.2, 0.25) is 0 Å². The third-order valence-electron chi connectivity index (χ3n) is 5.89. The molecule has 1 aromatic carbocycles. The lowest BCUT2D eigenvalue weighted by Gasteiger charge is -2.29. The zero-order valence-electron chi connectivity index (χ0n) is 15.9. The summed E-state index contributed by atoms with van der Waals surface area (Å²) in [6, 6.07) is 6.88. The van der Waals surface area contributed by atoms with Crippen LogP contribution in [0.3, 0.4) is 0 Å². The van der Waals surface area contributed by atoms with Crippen LogP contribution in [-0.4, -0.2) is 78.8 Å². The van der Waals surface area contributed by atoms with E-state index in [1.165, 1.54) is 19.3 Å². The smallest absolute Gasteiger partial charge is 0.410 e. The number of ether oxygens (including phenoxy) is 2. The molecule has 1 amide bonds. The Morgan fingerprint density at radius 1 is 1.07 bits per heavy atom. The molecular formula is C20H27F2N3O3. The van der Waals surface area contributed by atoms with Gasteiger partial charge in [0.05, 0.1) is 6.04 Å². The number of benzene rings is 1. The molecule has 0 radical (unpaired) electrons. The minimum atomic E-state index is -2.84. The van der Waals surface area contributed by atoms with Crippen molar-refractivity contribution in [1.82, 2.24) is 14.7 Å². The normalized spacial score (nSPS) is 26.0. The summed E-state index contributed by atoms with van der Waals surface area (Å²) in [5.74, 6) is 0.202. The van der Waals surface area contributed by atoms with E-state index in [-0.39, 0.29) is 24.0 Å². The van der Waals surface area contributed by atoms with Gasteiger partial charge in [-0.25, -0.2) is 4.79 Å². The highest BCUT2D eigenvalue weighted by atomic mass is 19.3. The summed E-state index contributed by atoms with van der Waals surface area (Å²) in [7, 11) is 0. The molecule has 1 aromatic rings. The number of alkyl halides is 2. The van der Waals surface area contributed by atoms with E-state index < -0.39 is 6.61 Å². The largest absolute Gasteiger partial charge is 0.442 e. The van der Waals surface area contributed by atoms with E-state index in [4.69, 9.17) is 4.74 Å². The van der Waals surface area contributed by atoms with Gasteiger partial charge in [-0.15, -0.1) is 0 Å². The molecule has 3 saturated heterocycles. The molecule has 0 spiro atoms. The SMILES string of the molecule is O=C1O[C@@H]2CN(Cc3ccccc3OC(F)F)C[C@@H]2N1CCN1CCCCC1. The van der Waals surface area contributed by atoms with Gasteiger partial charge in [0.2, 0.25) is 0 Å². The first kappa shape index (κ1) is 19.4. The first-order chi connectivity index (χ1) is 13.6. The zero-order chi connectivity index (χ0) is 19.5. The van der Waals surface area contributed by atoms with E-state index in [9.17, 15) is 13.6 Å². The standard InChI is InChI=1S/C20H27F2N3O3/c21-19(22)27-17-7-3-2-6-15(17)12-24-13-16-18(14-24)28-20(26)25(16)11-10-23-8-4-1-5-9-23/h2-3,6-7,16,18-19H,1,4-5,8-14H2/t16-,18+/m0/s1. The minimum absolute atomic E-state index is 0.0282. The predicted molar refractivity (Wildman–Crippen MR) is 99.4 cm³/mol. The van der Waals surface area contributed by atoms with Crippen molar-refractivity contribution in [2.24, 2.45) is 0 Å². The number of fused-ring (bicyclic) bond motifs is 1. The second kappa shape index (κ2) is 8.61. The molecule has 3 aliphatic rings. The summed E-state index contributed by atoms with van der Waals surface area (Å²) in [6.45, 7) is 2.70. The van der Waals surface area contributed by atoms with Gasteiger partial charge in [-0.3, -0.25) is 9.80 Å². The lowest BCUT2D eigenvalue weighted by molar-refractivity contribution is -0.0507. The molecule has 8 heteroatoms. The molecule has 0 unspecified atom stereocenters. The van der Waals surface area contributed by atoms with E-state index in [0.29, 0.717) is 31.7 Å². The first-order valence-electron chi connectivity index (χ1n) is 10.0. The number of halogens is 2. The van der Waals surface area contributed by atoms with Crippen molar-refractivity contribution in [2.45, 2.75) is 44.6 Å². The summed E-state index contributed by atoms with van der Waals surface area (Å²) >= 11 is 0. The van der Waals surface area contributed by atoms with Crippen molar-refractivity contribution in [1.29, 1.82) is 0 Å². The first-order valence-corrected chi connectivity index (χ1v) is 10.0. The number of nitrogens with zero attached hydrogens (tertiary/aromatic N) is 3. The Hall–Kier alpha value is -1.93. The number of para-hydroxylation sites is 1. The van der Waals surface area contributed by atoms with Gasteiger partial charge in [0.25, 0.3) is 0 Å². The highest BCUT2D eigenvalue weighted by molar-refractivity contribution is 5.71. The average molecular weight is 395 g/mol. The highest BCUT2D eigenvalue weighted by Crippen LogP contribution is 2.30. The lowest BCUT2D eigenvalue weighted by atomic mass is 10.1. The summed E-state index contributed by atoms with van der Waals surface area (Å²) < 4.78 is 35.5. The monoisotopic (exact) mass is 395 g/mol. The second-order valence-electron chi connectivity index (χ2n) is 7.77. The number of hydrogen-bond acceptors (Lipinski definition) is 5. The molecule has 4 rings (SSSR count). The molecule has 0 aromatic heterocycles. The fraction of sp³-hybridized carbons (Fsp3) is 0.650. The summed E-state index contributed by atoms with van der Waals surface area (Å²) in [5.41, 5.74) is 0.717. The van der Waals surface area contributed by atoms with E-state index in [1.54, 1.807) is 18.2 Å². The minimum Gasteiger partial charge on any atom is -0.442 e. The van der Waals surface area contributed by atoms with Gasteiger partial charge in [0, 0.05) is 38.3 Å². The molecule has 3 aliphatic heterocycles. The fourth-order valence-electron chi connectivity index (χ4n) is 4.49. The van der Waals surface area contributed by atoms with E-state index in [0.717, 1.165) is 19.6 Å². The topological polar surface area (TPSA) is 45.2 Å². The van der Waals surface area contributed by atoms with E-state index in [1.807, 2.05) is 11.0 Å². The molecule has 0 aliphatic carbocycles. The molecule has 0 bridgehead atoms. The van der Waals surface area contributed by atoms with Crippen LogP contribution in [0.4, 0.5) is 13.6 Å². The van der Waals surface area contributed by atoms with E-state index >= 15 is 0 Å². The van der Waals surface area contributed by atoms with Gasteiger partial charge < -0.3 is 14.4 Å². The predicted octanol–water partition coefficient (Wildman–Crippen LogP) is 2.78. The maximum absolute atomic E-state index is 12.6. The van der Waals surface area contributed by atoms with Gasteiger partial charge in [-0.1, -0.05) is 24.6 Å². The van der Waals surface area contributed by atoms with Gasteiger partial charge in [0.15, 0.2) is 0 Å². The third kappa shape index (κ3) is 4.38. The number of rotatable bonds is 7. The van der Waals surface area contributed by atoms with Crippen LogP contribution in [0.1, 0.15) is 24.8 Å². The number of carbonyl (C=O) groups excluding carboxylic acids is 1. The molecule has 154 valence electrons. The Morgan fingerprint density at radius 3 is 2.64 bits per heavy atom. The molecule has 0 saturated carbocycles. The van der Waals surface area contributed by atoms with Gasteiger partial charge in [-0.2, -0.15) is 8.78 Å². The summed E-state index contributed by atoms with van der Waals surface area (Å²) in [5, 5.41) is 0. The van der Waals surface area contributed by atoms with Crippen molar-refractivity contribution >= 4 is 6.09 Å². The molecule has 0 N–H and O–H groups in total. The van der Waals surface area contributed by atoms with Crippen LogP contribution in [0.15, 0.2) is 24.3 Å². The Kier molecular flexibility index (Phi) is 5.96. The van der Waals surface area contributed by atoms with Crippen LogP contribution in [0.5, 0.6) is 5.75 Å². The van der Waals surface area contributed by atoms with Crippen molar-refractivity contribution in [3.8, 4) is 5.75 Å². The van der Waals surface area contributed by atoms with Crippen LogP contribution in [0, 0.1) is 0 Å². The van der Waals surface area contributed by atoms with Crippen molar-refractivity contribution < 1.29 is 23.0 Å². The Balaban J connectivity index is 1.35. The van der Waals surface area contributed by atoms with Crippen LogP contribution in [0.25, 0.3) is 0 Å². The van der Waals surface area contributed by atoms with Crippen LogP contribution < -0.4 is 4.74 Å². The number of piperidine rings is 1. The van der Waals surface area contributed by atoms with Crippen molar-refractivity contribution in [3.05, 3.63) is 29.8 Å². The molecule has 3 fully saturated rings. The van der Waals surface area contributed by atoms with Crippen molar-refractivity contribution in [2.75, 3.05) is 39.3 Å². The van der Waals surface area contributed by atoms with Gasteiger partial charge in [0.1, 0.15) is 11.9 Å². The highest BCUT2D eigenvalue weighted by Gasteiger charge is 2.47. The zero-order valence-corrected chi connectivity index (χ0v) is 15.9. The number of amides is 1. The average Bonchev–Trinajstić information content (AvgIpc) is 3.18.